The summed E-state index contributed by atoms with van der Waals surface area (Å²) in [7, 11) is 1.29. The summed E-state index contributed by atoms with van der Waals surface area (Å²) < 4.78 is 9.80. The second-order valence-electron chi connectivity index (χ2n) is 4.60. The predicted octanol–water partition coefficient (Wildman–Crippen LogP) is 2.87. The third-order valence-electron chi connectivity index (χ3n) is 3.25. The molecule has 0 bridgehead atoms. The Morgan fingerprint density at radius 3 is 2.33 bits per heavy atom. The number of aromatic hydroxyl groups is 1. The molecular formula is C16H22O5. The molecule has 0 amide bonds. The molecule has 116 valence electrons. The van der Waals surface area contributed by atoms with E-state index in [1.807, 2.05) is 13.8 Å². The third kappa shape index (κ3) is 3.54. The number of phenols is 1. The summed E-state index contributed by atoms with van der Waals surface area (Å²) in [6.07, 6.45) is 1.70. The van der Waals surface area contributed by atoms with Gasteiger partial charge >= 0.3 is 11.9 Å². The molecule has 0 aliphatic heterocycles. The molecule has 5 nitrogen and oxygen atoms in total. The number of aryl methyl sites for hydroxylation is 1. The largest absolute Gasteiger partial charge is 0.507 e. The summed E-state index contributed by atoms with van der Waals surface area (Å²) in [4.78, 5) is 24.1. The Morgan fingerprint density at radius 2 is 1.86 bits per heavy atom. The van der Waals surface area contributed by atoms with E-state index in [4.69, 9.17) is 9.47 Å². The number of esters is 2. The Kier molecular flexibility index (Phi) is 6.21. The van der Waals surface area contributed by atoms with E-state index in [1.165, 1.54) is 7.11 Å². The van der Waals surface area contributed by atoms with Crippen LogP contribution in [0.1, 0.15) is 59.0 Å². The first kappa shape index (κ1) is 17.0. The summed E-state index contributed by atoms with van der Waals surface area (Å²) in [5.74, 6) is -1.23. The van der Waals surface area contributed by atoms with Gasteiger partial charge in [-0.15, -0.1) is 0 Å². The van der Waals surface area contributed by atoms with Gasteiger partial charge in [0, 0.05) is 0 Å². The maximum atomic E-state index is 12.2. The van der Waals surface area contributed by atoms with Crippen molar-refractivity contribution >= 4 is 11.9 Å². The van der Waals surface area contributed by atoms with E-state index < -0.39 is 11.9 Å². The number of carbonyl (C=O) groups is 2. The average molecular weight is 294 g/mol. The minimum atomic E-state index is -0.612. The zero-order valence-corrected chi connectivity index (χ0v) is 13.0. The Bertz CT molecular complexity index is 534. The van der Waals surface area contributed by atoms with E-state index in [1.54, 1.807) is 13.0 Å². The van der Waals surface area contributed by atoms with Crippen LogP contribution in [0, 0.1) is 0 Å². The van der Waals surface area contributed by atoms with Crippen molar-refractivity contribution in [3.8, 4) is 5.75 Å². The predicted molar refractivity (Wildman–Crippen MR) is 78.8 cm³/mol. The van der Waals surface area contributed by atoms with Gasteiger partial charge in [0.15, 0.2) is 0 Å². The molecular weight excluding hydrogens is 272 g/mol. The lowest BCUT2D eigenvalue weighted by Crippen LogP contribution is -2.15. The fourth-order valence-corrected chi connectivity index (χ4v) is 2.26. The molecule has 0 spiro atoms. The summed E-state index contributed by atoms with van der Waals surface area (Å²) in [6.45, 7) is 5.67. The molecule has 0 saturated heterocycles. The molecule has 1 rings (SSSR count). The average Bonchev–Trinajstić information content (AvgIpc) is 2.47. The quantitative estimate of drug-likeness (QED) is 0.817. The van der Waals surface area contributed by atoms with Gasteiger partial charge in [-0.25, -0.2) is 9.59 Å². The Hall–Kier alpha value is -2.04. The van der Waals surface area contributed by atoms with Crippen LogP contribution in [0.2, 0.25) is 0 Å². The molecule has 5 heteroatoms. The van der Waals surface area contributed by atoms with Gasteiger partial charge in [-0.3, -0.25) is 0 Å². The highest BCUT2D eigenvalue weighted by atomic mass is 16.5. The number of benzene rings is 1. The lowest BCUT2D eigenvalue weighted by Gasteiger charge is -2.16. The highest BCUT2D eigenvalue weighted by molar-refractivity contribution is 6.00. The van der Waals surface area contributed by atoms with Crippen LogP contribution in [0.15, 0.2) is 6.07 Å². The number of rotatable bonds is 6. The van der Waals surface area contributed by atoms with Crippen molar-refractivity contribution in [2.75, 3.05) is 13.7 Å². The Morgan fingerprint density at radius 1 is 1.19 bits per heavy atom. The number of hydrogen-bond acceptors (Lipinski definition) is 5. The fraction of sp³-hybridized carbons (Fsp3) is 0.500. The van der Waals surface area contributed by atoms with Crippen LogP contribution < -0.4 is 0 Å². The topological polar surface area (TPSA) is 72.8 Å². The number of phenolic OH excluding ortho intramolecular Hbond substituents is 1. The van der Waals surface area contributed by atoms with Crippen molar-refractivity contribution in [1.82, 2.24) is 0 Å². The first-order valence-electron chi connectivity index (χ1n) is 7.14. The van der Waals surface area contributed by atoms with Gasteiger partial charge in [0.1, 0.15) is 11.3 Å². The van der Waals surface area contributed by atoms with E-state index in [9.17, 15) is 14.7 Å². The molecule has 1 aromatic carbocycles. The van der Waals surface area contributed by atoms with Crippen LogP contribution in [-0.4, -0.2) is 30.8 Å². The van der Waals surface area contributed by atoms with Crippen LogP contribution in [0.4, 0.5) is 0 Å². The van der Waals surface area contributed by atoms with Crippen molar-refractivity contribution in [2.24, 2.45) is 0 Å². The molecule has 0 aromatic heterocycles. The molecule has 0 aliphatic rings. The van der Waals surface area contributed by atoms with Crippen molar-refractivity contribution in [3.63, 3.8) is 0 Å². The molecule has 1 N–H and O–H groups in total. The molecule has 21 heavy (non-hydrogen) atoms. The third-order valence-corrected chi connectivity index (χ3v) is 3.25. The van der Waals surface area contributed by atoms with Crippen molar-refractivity contribution < 1.29 is 24.2 Å². The number of methoxy groups -OCH3 is 1. The normalized spacial score (nSPS) is 10.3. The fourth-order valence-electron chi connectivity index (χ4n) is 2.26. The van der Waals surface area contributed by atoms with E-state index in [-0.39, 0.29) is 17.9 Å². The van der Waals surface area contributed by atoms with Crippen LogP contribution in [0.25, 0.3) is 0 Å². The van der Waals surface area contributed by atoms with Crippen LogP contribution in [0.3, 0.4) is 0 Å². The summed E-state index contributed by atoms with van der Waals surface area (Å²) in [5.41, 5.74) is 1.41. The summed E-state index contributed by atoms with van der Waals surface area (Å²) in [5, 5.41) is 10.3. The highest BCUT2D eigenvalue weighted by Gasteiger charge is 2.26. The number of ether oxygens (including phenoxy) is 2. The van der Waals surface area contributed by atoms with Gasteiger partial charge in [-0.1, -0.05) is 20.3 Å². The number of hydrogen-bond donors (Lipinski definition) is 1. The molecule has 0 atom stereocenters. The van der Waals surface area contributed by atoms with Gasteiger partial charge in [-0.2, -0.15) is 0 Å². The van der Waals surface area contributed by atoms with E-state index in [2.05, 4.69) is 0 Å². The lowest BCUT2D eigenvalue weighted by atomic mass is 9.92. The zero-order chi connectivity index (χ0) is 16.0. The van der Waals surface area contributed by atoms with Crippen LogP contribution >= 0.6 is 0 Å². The van der Waals surface area contributed by atoms with Gasteiger partial charge in [0.05, 0.1) is 19.3 Å². The molecule has 0 unspecified atom stereocenters. The van der Waals surface area contributed by atoms with Gasteiger partial charge in [0.25, 0.3) is 0 Å². The minimum Gasteiger partial charge on any atom is -0.507 e. The van der Waals surface area contributed by atoms with E-state index in [0.717, 1.165) is 6.42 Å². The molecule has 1 aromatic rings. The summed E-state index contributed by atoms with van der Waals surface area (Å²) in [6, 6.07) is 1.59. The standard InChI is InChI=1S/C16H22O5/c1-5-8-11-12(15(18)20-4)9-10(6-2)14(17)13(11)16(19)21-7-3/h9,17H,5-8H2,1-4H3. The van der Waals surface area contributed by atoms with Crippen molar-refractivity contribution in [2.45, 2.75) is 40.0 Å². The van der Waals surface area contributed by atoms with Gasteiger partial charge in [0.2, 0.25) is 0 Å². The molecule has 0 aliphatic carbocycles. The van der Waals surface area contributed by atoms with Gasteiger partial charge < -0.3 is 14.6 Å². The molecule has 0 fully saturated rings. The molecule has 0 saturated carbocycles. The first-order valence-corrected chi connectivity index (χ1v) is 7.14. The lowest BCUT2D eigenvalue weighted by molar-refractivity contribution is 0.0521. The zero-order valence-electron chi connectivity index (χ0n) is 13.0. The van der Waals surface area contributed by atoms with Crippen molar-refractivity contribution in [1.29, 1.82) is 0 Å². The summed E-state index contributed by atoms with van der Waals surface area (Å²) >= 11 is 0. The van der Waals surface area contributed by atoms with Gasteiger partial charge in [-0.05, 0) is 37.0 Å². The van der Waals surface area contributed by atoms with Crippen LogP contribution in [-0.2, 0) is 22.3 Å². The smallest absolute Gasteiger partial charge is 0.342 e. The molecule has 0 heterocycles. The second kappa shape index (κ2) is 7.67. The monoisotopic (exact) mass is 294 g/mol. The minimum absolute atomic E-state index is 0.0819. The van der Waals surface area contributed by atoms with E-state index in [0.29, 0.717) is 29.5 Å². The SMILES string of the molecule is CCCc1c(C(=O)OC)cc(CC)c(O)c1C(=O)OCC. The number of carbonyl (C=O) groups excluding carboxylic acids is 2. The molecule has 0 radical (unpaired) electrons. The Balaban J connectivity index is 3.62. The maximum Gasteiger partial charge on any atom is 0.342 e. The highest BCUT2D eigenvalue weighted by Crippen LogP contribution is 2.32. The van der Waals surface area contributed by atoms with Crippen LogP contribution in [0.5, 0.6) is 5.75 Å². The second-order valence-corrected chi connectivity index (χ2v) is 4.60. The first-order chi connectivity index (χ1) is 10.0. The Labute approximate surface area is 124 Å². The maximum absolute atomic E-state index is 12.2. The van der Waals surface area contributed by atoms with Crippen molar-refractivity contribution in [3.05, 3.63) is 28.3 Å². The van der Waals surface area contributed by atoms with E-state index >= 15 is 0 Å².